The number of pyridine rings is 1. The van der Waals surface area contributed by atoms with Crippen LogP contribution in [0.25, 0.3) is 0 Å². The topological polar surface area (TPSA) is 22.1 Å². The van der Waals surface area contributed by atoms with E-state index in [-0.39, 0.29) is 0 Å². The Morgan fingerprint density at radius 1 is 1.64 bits per heavy atom. The molecule has 0 aliphatic carbocycles. The lowest BCUT2D eigenvalue weighted by Gasteiger charge is -2.02. The summed E-state index contributed by atoms with van der Waals surface area (Å²) in [7, 11) is 1.63. The highest BCUT2D eigenvalue weighted by Crippen LogP contribution is 2.20. The van der Waals surface area contributed by atoms with Gasteiger partial charge in [0.1, 0.15) is 5.75 Å². The first-order chi connectivity index (χ1) is 5.27. The van der Waals surface area contributed by atoms with E-state index in [1.165, 1.54) is 0 Å². The number of nitrogens with zero attached hydrogens (tertiary/aromatic N) is 1. The van der Waals surface area contributed by atoms with Gasteiger partial charge in [-0.25, -0.2) is 0 Å². The van der Waals surface area contributed by atoms with Crippen LogP contribution in [0.15, 0.2) is 16.7 Å². The van der Waals surface area contributed by atoms with Gasteiger partial charge < -0.3 is 4.74 Å². The molecule has 0 atom stereocenters. The zero-order valence-corrected chi connectivity index (χ0v) is 8.18. The Balaban J connectivity index is 2.99. The fraction of sp³-hybridized carbons (Fsp3) is 0.375. The van der Waals surface area contributed by atoms with E-state index in [1.54, 1.807) is 13.3 Å². The lowest BCUT2D eigenvalue weighted by molar-refractivity contribution is 0.412. The second-order valence-electron chi connectivity index (χ2n) is 2.16. The van der Waals surface area contributed by atoms with Crippen LogP contribution in [0.3, 0.4) is 0 Å². The Bertz CT molecular complexity index is 250. The molecule has 0 bridgehead atoms. The molecule has 0 aliphatic heterocycles. The van der Waals surface area contributed by atoms with E-state index in [0.29, 0.717) is 0 Å². The fourth-order valence-corrected chi connectivity index (χ4v) is 1.43. The Labute approximate surface area is 74.7 Å². The van der Waals surface area contributed by atoms with Gasteiger partial charge in [-0.15, -0.1) is 0 Å². The van der Waals surface area contributed by atoms with Gasteiger partial charge in [0, 0.05) is 4.47 Å². The number of hydrogen-bond donors (Lipinski definition) is 0. The minimum Gasteiger partial charge on any atom is -0.495 e. The van der Waals surface area contributed by atoms with Crippen molar-refractivity contribution < 1.29 is 4.74 Å². The number of halogens is 1. The smallest absolute Gasteiger partial charge is 0.138 e. The molecule has 2 nitrogen and oxygen atoms in total. The third-order valence-corrected chi connectivity index (χ3v) is 2.15. The van der Waals surface area contributed by atoms with E-state index in [2.05, 4.69) is 27.8 Å². The highest BCUT2D eigenvalue weighted by molar-refractivity contribution is 9.10. The van der Waals surface area contributed by atoms with E-state index in [4.69, 9.17) is 4.74 Å². The van der Waals surface area contributed by atoms with Gasteiger partial charge in [-0.1, -0.05) is 6.92 Å². The van der Waals surface area contributed by atoms with Crippen molar-refractivity contribution in [2.45, 2.75) is 13.3 Å². The molecule has 60 valence electrons. The van der Waals surface area contributed by atoms with Gasteiger partial charge in [-0.3, -0.25) is 4.98 Å². The van der Waals surface area contributed by atoms with Gasteiger partial charge in [0.2, 0.25) is 0 Å². The van der Waals surface area contributed by atoms with E-state index < -0.39 is 0 Å². The number of aryl methyl sites for hydroxylation is 1. The summed E-state index contributed by atoms with van der Waals surface area (Å²) in [5.41, 5.74) is 1.06. The van der Waals surface area contributed by atoms with Crippen LogP contribution in [-0.2, 0) is 6.42 Å². The number of methoxy groups -OCH3 is 1. The third-order valence-electron chi connectivity index (χ3n) is 1.46. The summed E-state index contributed by atoms with van der Waals surface area (Å²) in [5, 5.41) is 0. The molecule has 0 saturated heterocycles. The molecule has 1 aromatic rings. The van der Waals surface area contributed by atoms with Crippen molar-refractivity contribution in [3.05, 3.63) is 22.4 Å². The van der Waals surface area contributed by atoms with Gasteiger partial charge >= 0.3 is 0 Å². The monoisotopic (exact) mass is 215 g/mol. The molecule has 1 heterocycles. The zero-order valence-electron chi connectivity index (χ0n) is 6.60. The van der Waals surface area contributed by atoms with Crippen molar-refractivity contribution in [2.24, 2.45) is 0 Å². The second-order valence-corrected chi connectivity index (χ2v) is 3.01. The maximum atomic E-state index is 5.00. The number of hydrogen-bond acceptors (Lipinski definition) is 2. The van der Waals surface area contributed by atoms with Gasteiger partial charge in [0.15, 0.2) is 0 Å². The summed E-state index contributed by atoms with van der Waals surface area (Å²) in [6.45, 7) is 2.07. The number of ether oxygens (including phenoxy) is 1. The van der Waals surface area contributed by atoms with Gasteiger partial charge in [-0.05, 0) is 28.4 Å². The molecule has 0 N–H and O–H groups in total. The Morgan fingerprint density at radius 2 is 2.36 bits per heavy atom. The quantitative estimate of drug-likeness (QED) is 0.757. The van der Waals surface area contributed by atoms with Crippen LogP contribution in [-0.4, -0.2) is 12.1 Å². The van der Waals surface area contributed by atoms with Gasteiger partial charge in [-0.2, -0.15) is 0 Å². The van der Waals surface area contributed by atoms with Gasteiger partial charge in [0.25, 0.3) is 0 Å². The highest BCUT2D eigenvalue weighted by atomic mass is 79.9. The molecule has 0 amide bonds. The molecule has 0 radical (unpaired) electrons. The lowest BCUT2D eigenvalue weighted by Crippen LogP contribution is -1.90. The second kappa shape index (κ2) is 3.72. The van der Waals surface area contributed by atoms with E-state index in [0.717, 1.165) is 22.3 Å². The average Bonchev–Trinajstić information content (AvgIpc) is 2.04. The normalized spacial score (nSPS) is 9.73. The van der Waals surface area contributed by atoms with Crippen LogP contribution in [0, 0.1) is 0 Å². The molecule has 0 aromatic carbocycles. The molecule has 11 heavy (non-hydrogen) atoms. The minimum atomic E-state index is 0.786. The molecule has 0 fully saturated rings. The first-order valence-electron chi connectivity index (χ1n) is 3.46. The molecule has 1 rings (SSSR count). The van der Waals surface area contributed by atoms with Crippen molar-refractivity contribution in [2.75, 3.05) is 7.11 Å². The Morgan fingerprint density at radius 3 is 2.82 bits per heavy atom. The van der Waals surface area contributed by atoms with Crippen LogP contribution in [0.1, 0.15) is 12.6 Å². The molecule has 0 aliphatic rings. The third kappa shape index (κ3) is 1.93. The standard InChI is InChI=1S/C8H10BrNO/c1-3-8-7(9)4-6(11-2)5-10-8/h4-5H,3H2,1-2H3. The summed E-state index contributed by atoms with van der Waals surface area (Å²) < 4.78 is 6.02. The predicted octanol–water partition coefficient (Wildman–Crippen LogP) is 2.42. The molecule has 0 saturated carbocycles. The van der Waals surface area contributed by atoms with Crippen LogP contribution in [0.4, 0.5) is 0 Å². The summed E-state index contributed by atoms with van der Waals surface area (Å²) in [6.07, 6.45) is 2.66. The largest absolute Gasteiger partial charge is 0.495 e. The molecule has 1 aromatic heterocycles. The van der Waals surface area contributed by atoms with Crippen molar-refractivity contribution in [3.63, 3.8) is 0 Å². The number of rotatable bonds is 2. The summed E-state index contributed by atoms with van der Waals surface area (Å²) in [4.78, 5) is 4.20. The van der Waals surface area contributed by atoms with Crippen molar-refractivity contribution in [1.82, 2.24) is 4.98 Å². The first kappa shape index (κ1) is 8.53. The summed E-state index contributed by atoms with van der Waals surface area (Å²) >= 11 is 3.41. The summed E-state index contributed by atoms with van der Waals surface area (Å²) in [6, 6.07) is 1.92. The number of aromatic nitrogens is 1. The maximum Gasteiger partial charge on any atom is 0.138 e. The predicted molar refractivity (Wildman–Crippen MR) is 47.9 cm³/mol. The van der Waals surface area contributed by atoms with Crippen molar-refractivity contribution >= 4 is 15.9 Å². The summed E-state index contributed by atoms with van der Waals surface area (Å²) in [5.74, 6) is 0.786. The fourth-order valence-electron chi connectivity index (χ4n) is 0.820. The molecule has 3 heteroatoms. The van der Waals surface area contributed by atoms with Crippen LogP contribution >= 0.6 is 15.9 Å². The van der Waals surface area contributed by atoms with Gasteiger partial charge in [0.05, 0.1) is 19.0 Å². The van der Waals surface area contributed by atoms with E-state index in [9.17, 15) is 0 Å². The van der Waals surface area contributed by atoms with E-state index in [1.807, 2.05) is 6.07 Å². The minimum absolute atomic E-state index is 0.786. The Kier molecular flexibility index (Phi) is 2.88. The molecule has 0 unspecified atom stereocenters. The molecular weight excluding hydrogens is 206 g/mol. The lowest BCUT2D eigenvalue weighted by atomic mass is 10.3. The van der Waals surface area contributed by atoms with Crippen LogP contribution in [0.2, 0.25) is 0 Å². The highest BCUT2D eigenvalue weighted by Gasteiger charge is 1.99. The van der Waals surface area contributed by atoms with Crippen LogP contribution < -0.4 is 4.74 Å². The van der Waals surface area contributed by atoms with Crippen molar-refractivity contribution in [3.8, 4) is 5.75 Å². The zero-order chi connectivity index (χ0) is 8.27. The first-order valence-corrected chi connectivity index (χ1v) is 4.25. The maximum absolute atomic E-state index is 5.00. The SMILES string of the molecule is CCc1ncc(OC)cc1Br. The average molecular weight is 216 g/mol. The Hall–Kier alpha value is -0.570. The molecule has 0 spiro atoms. The van der Waals surface area contributed by atoms with Crippen LogP contribution in [0.5, 0.6) is 5.75 Å². The molecular formula is C8H10BrNO. The van der Waals surface area contributed by atoms with E-state index >= 15 is 0 Å². The van der Waals surface area contributed by atoms with Crippen molar-refractivity contribution in [1.29, 1.82) is 0 Å².